The molecule has 0 aliphatic rings. The summed E-state index contributed by atoms with van der Waals surface area (Å²) in [4.78, 5) is 24.5. The van der Waals surface area contributed by atoms with Crippen LogP contribution in [0.1, 0.15) is 0 Å². The highest BCUT2D eigenvalue weighted by Gasteiger charge is 2.15. The van der Waals surface area contributed by atoms with Crippen LogP contribution in [0.5, 0.6) is 0 Å². The Bertz CT molecular complexity index is 943. The van der Waals surface area contributed by atoms with Crippen LogP contribution in [0.25, 0.3) is 22.3 Å². The standard InChI is InChI=1S/C10H4Cl2N8/c11-9-14-2-6-8(18-9)20(10(12)17-6)19-4-16-5-1-13-3-15-7(5)19/h1-4H. The Kier molecular flexibility index (Phi) is 2.35. The summed E-state index contributed by atoms with van der Waals surface area (Å²) >= 11 is 12.0. The molecule has 0 amide bonds. The highest BCUT2D eigenvalue weighted by molar-refractivity contribution is 6.29. The van der Waals surface area contributed by atoms with Gasteiger partial charge in [0.05, 0.1) is 12.4 Å². The van der Waals surface area contributed by atoms with Crippen molar-refractivity contribution in [2.75, 3.05) is 0 Å². The van der Waals surface area contributed by atoms with Crippen LogP contribution in [0, 0.1) is 0 Å². The molecule has 98 valence electrons. The molecule has 0 spiro atoms. The first-order chi connectivity index (χ1) is 9.74. The Hall–Kier alpha value is -2.32. The molecule has 8 nitrogen and oxygen atoms in total. The van der Waals surface area contributed by atoms with Gasteiger partial charge in [0.15, 0.2) is 11.3 Å². The molecule has 0 atom stereocenters. The van der Waals surface area contributed by atoms with Crippen LogP contribution in [0.4, 0.5) is 0 Å². The minimum absolute atomic E-state index is 0.106. The van der Waals surface area contributed by atoms with Crippen LogP contribution in [-0.2, 0) is 0 Å². The molecule has 0 N–H and O–H groups in total. The van der Waals surface area contributed by atoms with Crippen molar-refractivity contribution in [1.82, 2.24) is 39.3 Å². The maximum atomic E-state index is 6.16. The molecule has 0 saturated heterocycles. The molecule has 0 aromatic carbocycles. The Labute approximate surface area is 121 Å². The normalized spacial score (nSPS) is 11.5. The monoisotopic (exact) mass is 306 g/mol. The molecule has 0 bridgehead atoms. The van der Waals surface area contributed by atoms with Crippen LogP contribution < -0.4 is 0 Å². The second-order valence-corrected chi connectivity index (χ2v) is 4.54. The molecule has 0 unspecified atom stereocenters. The predicted octanol–water partition coefficient (Wildman–Crippen LogP) is 1.58. The highest BCUT2D eigenvalue weighted by atomic mass is 35.5. The highest BCUT2D eigenvalue weighted by Crippen LogP contribution is 2.20. The summed E-state index contributed by atoms with van der Waals surface area (Å²) in [6.07, 6.45) is 6.09. The van der Waals surface area contributed by atoms with Gasteiger partial charge >= 0.3 is 0 Å². The van der Waals surface area contributed by atoms with Crippen LogP contribution in [0.2, 0.25) is 10.6 Å². The minimum atomic E-state index is 0.106. The van der Waals surface area contributed by atoms with E-state index in [-0.39, 0.29) is 10.6 Å². The average molecular weight is 307 g/mol. The van der Waals surface area contributed by atoms with Gasteiger partial charge < -0.3 is 0 Å². The third-order valence-corrected chi connectivity index (χ3v) is 3.15. The molecule has 20 heavy (non-hydrogen) atoms. The van der Waals surface area contributed by atoms with Gasteiger partial charge in [-0.05, 0) is 23.2 Å². The maximum Gasteiger partial charge on any atom is 0.225 e. The maximum absolute atomic E-state index is 6.16. The molecule has 4 heterocycles. The number of imidazole rings is 2. The van der Waals surface area contributed by atoms with E-state index in [2.05, 4.69) is 29.9 Å². The van der Waals surface area contributed by atoms with E-state index in [4.69, 9.17) is 23.2 Å². The Morgan fingerprint density at radius 1 is 0.900 bits per heavy atom. The molecule has 4 rings (SSSR count). The molecule has 0 fully saturated rings. The first kappa shape index (κ1) is 11.5. The van der Waals surface area contributed by atoms with Gasteiger partial charge in [0.1, 0.15) is 23.7 Å². The molecule has 4 aromatic rings. The van der Waals surface area contributed by atoms with Gasteiger partial charge in [-0.25, -0.2) is 29.6 Å². The van der Waals surface area contributed by atoms with E-state index in [1.165, 1.54) is 12.5 Å². The van der Waals surface area contributed by atoms with Crippen molar-refractivity contribution in [3.63, 3.8) is 0 Å². The lowest BCUT2D eigenvalue weighted by Crippen LogP contribution is -2.09. The number of halogens is 2. The number of rotatable bonds is 1. The van der Waals surface area contributed by atoms with Crippen molar-refractivity contribution in [2.24, 2.45) is 0 Å². The topological polar surface area (TPSA) is 87.2 Å². The van der Waals surface area contributed by atoms with Gasteiger partial charge in [0.2, 0.25) is 10.6 Å². The zero-order chi connectivity index (χ0) is 13.7. The molecular weight excluding hydrogens is 303 g/mol. The van der Waals surface area contributed by atoms with E-state index < -0.39 is 0 Å². The fourth-order valence-electron chi connectivity index (χ4n) is 1.91. The molecule has 0 aliphatic carbocycles. The van der Waals surface area contributed by atoms with E-state index in [0.717, 1.165) is 0 Å². The first-order valence-electron chi connectivity index (χ1n) is 5.44. The average Bonchev–Trinajstić information content (AvgIpc) is 2.99. The van der Waals surface area contributed by atoms with Gasteiger partial charge in [0, 0.05) is 0 Å². The lowest BCUT2D eigenvalue weighted by Gasteiger charge is -2.05. The van der Waals surface area contributed by atoms with Crippen LogP contribution in [-0.4, -0.2) is 39.3 Å². The summed E-state index contributed by atoms with van der Waals surface area (Å²) < 4.78 is 3.17. The Balaban J connectivity index is 2.11. The zero-order valence-electron chi connectivity index (χ0n) is 9.64. The van der Waals surface area contributed by atoms with Crippen LogP contribution in [0.3, 0.4) is 0 Å². The quantitative estimate of drug-likeness (QED) is 0.392. The number of fused-ring (bicyclic) bond motifs is 2. The molecular formula is C10H4Cl2N8. The molecule has 0 aliphatic heterocycles. The van der Waals surface area contributed by atoms with Crippen LogP contribution >= 0.6 is 23.2 Å². The lowest BCUT2D eigenvalue weighted by molar-refractivity contribution is 0.688. The summed E-state index contributed by atoms with van der Waals surface area (Å²) in [5, 5.41) is 0.309. The van der Waals surface area contributed by atoms with Crippen molar-refractivity contribution < 1.29 is 0 Å². The first-order valence-corrected chi connectivity index (χ1v) is 6.20. The molecule has 0 saturated carbocycles. The van der Waals surface area contributed by atoms with Crippen molar-refractivity contribution in [1.29, 1.82) is 0 Å². The molecule has 0 radical (unpaired) electrons. The van der Waals surface area contributed by atoms with Crippen molar-refractivity contribution in [3.8, 4) is 0 Å². The minimum Gasteiger partial charge on any atom is -0.242 e. The summed E-state index contributed by atoms with van der Waals surface area (Å²) in [5.74, 6) is 0. The number of aromatic nitrogens is 8. The largest absolute Gasteiger partial charge is 0.242 e. The predicted molar refractivity (Wildman–Crippen MR) is 71.5 cm³/mol. The summed E-state index contributed by atoms with van der Waals surface area (Å²) in [7, 11) is 0. The summed E-state index contributed by atoms with van der Waals surface area (Å²) in [5.41, 5.74) is 2.20. The summed E-state index contributed by atoms with van der Waals surface area (Å²) in [6, 6.07) is 0. The number of hydrogen-bond donors (Lipinski definition) is 0. The third kappa shape index (κ3) is 1.55. The second kappa shape index (κ2) is 4.09. The number of hydrogen-bond acceptors (Lipinski definition) is 6. The fraction of sp³-hybridized carbons (Fsp3) is 0. The van der Waals surface area contributed by atoms with Gasteiger partial charge in [-0.2, -0.15) is 9.66 Å². The smallest absolute Gasteiger partial charge is 0.225 e. The van der Waals surface area contributed by atoms with E-state index in [0.29, 0.717) is 22.3 Å². The van der Waals surface area contributed by atoms with Gasteiger partial charge in [-0.3, -0.25) is 0 Å². The van der Waals surface area contributed by atoms with E-state index in [1.54, 1.807) is 21.9 Å². The molecule has 10 heteroatoms. The molecule has 4 aromatic heterocycles. The Morgan fingerprint density at radius 3 is 2.70 bits per heavy atom. The van der Waals surface area contributed by atoms with Gasteiger partial charge in [0.25, 0.3) is 0 Å². The van der Waals surface area contributed by atoms with Crippen LogP contribution in [0.15, 0.2) is 25.0 Å². The SMILES string of the molecule is Clc1ncc2nc(Cl)n(-n3cnc4cncnc43)c2n1. The van der Waals surface area contributed by atoms with E-state index >= 15 is 0 Å². The Morgan fingerprint density at radius 2 is 1.80 bits per heavy atom. The van der Waals surface area contributed by atoms with Crippen molar-refractivity contribution in [2.45, 2.75) is 0 Å². The summed E-state index contributed by atoms with van der Waals surface area (Å²) in [6.45, 7) is 0. The third-order valence-electron chi connectivity index (χ3n) is 2.72. The van der Waals surface area contributed by atoms with E-state index in [9.17, 15) is 0 Å². The van der Waals surface area contributed by atoms with Gasteiger partial charge in [-0.15, -0.1) is 0 Å². The van der Waals surface area contributed by atoms with Crippen molar-refractivity contribution in [3.05, 3.63) is 35.6 Å². The lowest BCUT2D eigenvalue weighted by atomic mass is 10.5. The second-order valence-electron chi connectivity index (χ2n) is 3.86. The van der Waals surface area contributed by atoms with Crippen molar-refractivity contribution >= 4 is 45.5 Å². The van der Waals surface area contributed by atoms with E-state index in [1.807, 2.05) is 0 Å². The van der Waals surface area contributed by atoms with Gasteiger partial charge in [-0.1, -0.05) is 0 Å². The number of nitrogens with zero attached hydrogens (tertiary/aromatic N) is 8. The fourth-order valence-corrected chi connectivity index (χ4v) is 2.29. The zero-order valence-corrected chi connectivity index (χ0v) is 11.2.